The van der Waals surface area contributed by atoms with Crippen molar-refractivity contribution in [3.05, 3.63) is 88.0 Å². The molecule has 4 nitrogen and oxygen atoms in total. The first-order chi connectivity index (χ1) is 15.6. The number of carbonyl (C=O) groups is 1. The standard InChI is InChI=1S/C26H30FN3OS/c1-3-20-18-22(26(32-20)28-25(31)19-10-6-5-7-11-19)24(21-12-8-9-13-23(21)27)30-16-14-29(4-2)15-17-30/h5-13,18,24H,3-4,14-17H2,1-2H3,(H,28,31)/t24-/m0/s1. The minimum atomic E-state index is -0.238. The van der Waals surface area contributed by atoms with Gasteiger partial charge in [0, 0.05) is 47.7 Å². The van der Waals surface area contributed by atoms with Gasteiger partial charge in [-0.3, -0.25) is 9.69 Å². The van der Waals surface area contributed by atoms with Gasteiger partial charge in [0.15, 0.2) is 0 Å². The topological polar surface area (TPSA) is 35.6 Å². The summed E-state index contributed by atoms with van der Waals surface area (Å²) in [4.78, 5) is 18.9. The molecule has 0 bridgehead atoms. The van der Waals surface area contributed by atoms with Crippen LogP contribution in [-0.4, -0.2) is 48.4 Å². The summed E-state index contributed by atoms with van der Waals surface area (Å²) in [6.45, 7) is 8.93. The Kier molecular flexibility index (Phi) is 7.35. The molecule has 3 aromatic rings. The summed E-state index contributed by atoms with van der Waals surface area (Å²) >= 11 is 1.59. The number of hydrogen-bond donors (Lipinski definition) is 1. The minimum Gasteiger partial charge on any atom is -0.313 e. The minimum absolute atomic E-state index is 0.139. The number of anilines is 1. The fourth-order valence-electron chi connectivity index (χ4n) is 4.29. The van der Waals surface area contributed by atoms with Gasteiger partial charge in [0.25, 0.3) is 5.91 Å². The van der Waals surface area contributed by atoms with E-state index in [0.29, 0.717) is 11.1 Å². The van der Waals surface area contributed by atoms with E-state index in [0.717, 1.165) is 49.7 Å². The number of likely N-dealkylation sites (N-methyl/N-ethyl adjacent to an activating group) is 1. The van der Waals surface area contributed by atoms with Crippen LogP contribution in [0.25, 0.3) is 0 Å². The van der Waals surface area contributed by atoms with Crippen molar-refractivity contribution in [1.82, 2.24) is 9.80 Å². The van der Waals surface area contributed by atoms with E-state index < -0.39 is 0 Å². The van der Waals surface area contributed by atoms with Crippen molar-refractivity contribution in [2.24, 2.45) is 0 Å². The Morgan fingerprint density at radius 1 is 1.00 bits per heavy atom. The molecule has 1 atom stereocenters. The molecule has 6 heteroatoms. The predicted octanol–water partition coefficient (Wildman–Crippen LogP) is 5.43. The second-order valence-electron chi connectivity index (χ2n) is 8.07. The van der Waals surface area contributed by atoms with E-state index in [-0.39, 0.29) is 17.8 Å². The maximum atomic E-state index is 15.1. The molecular weight excluding hydrogens is 421 g/mol. The number of carbonyl (C=O) groups excluding carboxylic acids is 1. The summed E-state index contributed by atoms with van der Waals surface area (Å²) in [5.74, 6) is -0.348. The van der Waals surface area contributed by atoms with Gasteiger partial charge in [-0.05, 0) is 37.2 Å². The lowest BCUT2D eigenvalue weighted by molar-refractivity contribution is 0.102. The van der Waals surface area contributed by atoms with Crippen LogP contribution in [0.2, 0.25) is 0 Å². The Labute approximate surface area is 193 Å². The van der Waals surface area contributed by atoms with Gasteiger partial charge < -0.3 is 10.2 Å². The maximum absolute atomic E-state index is 15.1. The van der Waals surface area contributed by atoms with Crippen LogP contribution in [0.4, 0.5) is 9.39 Å². The van der Waals surface area contributed by atoms with E-state index in [2.05, 4.69) is 35.0 Å². The van der Waals surface area contributed by atoms with Crippen molar-refractivity contribution < 1.29 is 9.18 Å². The number of benzene rings is 2. The third kappa shape index (κ3) is 4.93. The molecule has 1 aromatic heterocycles. The molecule has 2 heterocycles. The van der Waals surface area contributed by atoms with Gasteiger partial charge in [0.2, 0.25) is 0 Å². The molecule has 1 aliphatic rings. The van der Waals surface area contributed by atoms with Gasteiger partial charge >= 0.3 is 0 Å². The molecule has 1 aliphatic heterocycles. The molecule has 1 N–H and O–H groups in total. The van der Waals surface area contributed by atoms with Crippen molar-refractivity contribution in [3.8, 4) is 0 Å². The zero-order valence-electron chi connectivity index (χ0n) is 18.7. The summed E-state index contributed by atoms with van der Waals surface area (Å²) in [5, 5.41) is 3.94. The number of aryl methyl sites for hydroxylation is 1. The molecule has 32 heavy (non-hydrogen) atoms. The second-order valence-corrected chi connectivity index (χ2v) is 9.20. The molecule has 1 fully saturated rings. The highest BCUT2D eigenvalue weighted by Crippen LogP contribution is 2.40. The Morgan fingerprint density at radius 2 is 1.69 bits per heavy atom. The average molecular weight is 452 g/mol. The zero-order valence-corrected chi connectivity index (χ0v) is 19.5. The third-order valence-corrected chi connectivity index (χ3v) is 7.35. The van der Waals surface area contributed by atoms with Crippen LogP contribution in [0, 0.1) is 5.82 Å². The van der Waals surface area contributed by atoms with Crippen LogP contribution in [0.3, 0.4) is 0 Å². The Morgan fingerprint density at radius 3 is 2.34 bits per heavy atom. The number of hydrogen-bond acceptors (Lipinski definition) is 4. The molecule has 1 saturated heterocycles. The van der Waals surface area contributed by atoms with Crippen LogP contribution in [0.1, 0.15) is 46.3 Å². The molecule has 0 unspecified atom stereocenters. The largest absolute Gasteiger partial charge is 0.313 e. The smallest absolute Gasteiger partial charge is 0.256 e. The normalized spacial score (nSPS) is 16.1. The van der Waals surface area contributed by atoms with Crippen molar-refractivity contribution >= 4 is 22.2 Å². The Hall–Kier alpha value is -2.54. The highest BCUT2D eigenvalue weighted by Gasteiger charge is 2.31. The number of amides is 1. The highest BCUT2D eigenvalue weighted by molar-refractivity contribution is 7.16. The number of halogens is 1. The Bertz CT molecular complexity index is 1040. The van der Waals surface area contributed by atoms with Gasteiger partial charge in [-0.15, -0.1) is 11.3 Å². The summed E-state index contributed by atoms with van der Waals surface area (Å²) in [7, 11) is 0. The van der Waals surface area contributed by atoms with Gasteiger partial charge in [0.1, 0.15) is 10.8 Å². The summed E-state index contributed by atoms with van der Waals surface area (Å²) in [6, 6.07) is 18.2. The molecule has 168 valence electrons. The zero-order chi connectivity index (χ0) is 22.5. The number of piperazine rings is 1. The fraction of sp³-hybridized carbons (Fsp3) is 0.346. The summed E-state index contributed by atoms with van der Waals surface area (Å²) in [6.07, 6.45) is 0.868. The van der Waals surface area contributed by atoms with Crippen molar-refractivity contribution in [1.29, 1.82) is 0 Å². The van der Waals surface area contributed by atoms with Gasteiger partial charge in [-0.2, -0.15) is 0 Å². The summed E-state index contributed by atoms with van der Waals surface area (Å²) < 4.78 is 15.1. The van der Waals surface area contributed by atoms with E-state index in [1.54, 1.807) is 17.4 Å². The SMILES string of the molecule is CCc1cc([C@H](c2ccccc2F)N2CCN(CC)CC2)c(NC(=O)c2ccccc2)s1. The molecule has 0 spiro atoms. The lowest BCUT2D eigenvalue weighted by atomic mass is 9.96. The van der Waals surface area contributed by atoms with Gasteiger partial charge in [-0.25, -0.2) is 4.39 Å². The van der Waals surface area contributed by atoms with E-state index >= 15 is 4.39 Å². The monoisotopic (exact) mass is 451 g/mol. The second kappa shape index (κ2) is 10.4. The first kappa shape index (κ1) is 22.6. The van der Waals surface area contributed by atoms with Crippen LogP contribution in [0.15, 0.2) is 60.7 Å². The average Bonchev–Trinajstić information content (AvgIpc) is 3.24. The first-order valence-electron chi connectivity index (χ1n) is 11.3. The number of nitrogens with one attached hydrogen (secondary N) is 1. The summed E-state index contributed by atoms with van der Waals surface area (Å²) in [5.41, 5.74) is 2.25. The number of nitrogens with zero attached hydrogens (tertiary/aromatic N) is 2. The fourth-order valence-corrected chi connectivity index (χ4v) is 5.32. The van der Waals surface area contributed by atoms with Gasteiger partial charge in [-0.1, -0.05) is 50.2 Å². The molecule has 4 rings (SSSR count). The Balaban J connectivity index is 1.73. The van der Waals surface area contributed by atoms with E-state index in [4.69, 9.17) is 0 Å². The van der Waals surface area contributed by atoms with Crippen LogP contribution >= 0.6 is 11.3 Å². The lowest BCUT2D eigenvalue weighted by Crippen LogP contribution is -2.47. The van der Waals surface area contributed by atoms with Crippen LogP contribution in [-0.2, 0) is 6.42 Å². The van der Waals surface area contributed by atoms with Crippen molar-refractivity contribution in [2.75, 3.05) is 38.0 Å². The van der Waals surface area contributed by atoms with Crippen LogP contribution < -0.4 is 5.32 Å². The maximum Gasteiger partial charge on any atom is 0.256 e. The van der Waals surface area contributed by atoms with Crippen molar-refractivity contribution in [2.45, 2.75) is 26.3 Å². The quantitative estimate of drug-likeness (QED) is 0.520. The first-order valence-corrected chi connectivity index (χ1v) is 12.1. The van der Waals surface area contributed by atoms with Gasteiger partial charge in [0.05, 0.1) is 6.04 Å². The lowest BCUT2D eigenvalue weighted by Gasteiger charge is -2.39. The molecule has 1 amide bonds. The number of thiophene rings is 1. The van der Waals surface area contributed by atoms with E-state index in [9.17, 15) is 4.79 Å². The molecule has 0 radical (unpaired) electrons. The van der Waals surface area contributed by atoms with Crippen molar-refractivity contribution in [3.63, 3.8) is 0 Å². The predicted molar refractivity (Wildman–Crippen MR) is 130 cm³/mol. The van der Waals surface area contributed by atoms with Crippen LogP contribution in [0.5, 0.6) is 0 Å². The molecular formula is C26H30FN3OS. The molecule has 2 aromatic carbocycles. The number of rotatable bonds is 7. The molecule has 0 aliphatic carbocycles. The van der Waals surface area contributed by atoms with E-state index in [1.807, 2.05) is 42.5 Å². The van der Waals surface area contributed by atoms with E-state index in [1.165, 1.54) is 10.9 Å². The highest BCUT2D eigenvalue weighted by atomic mass is 32.1. The third-order valence-electron chi connectivity index (χ3n) is 6.14. The molecule has 0 saturated carbocycles.